The third-order valence-corrected chi connectivity index (χ3v) is 1.95. The van der Waals surface area contributed by atoms with Gasteiger partial charge in [0, 0.05) is 6.54 Å². The van der Waals surface area contributed by atoms with Gasteiger partial charge in [-0.2, -0.15) is 0 Å². The minimum Gasteiger partial charge on any atom is -0.469 e. The lowest BCUT2D eigenvalue weighted by atomic mass is 9.95. The molecule has 11 heavy (non-hydrogen) atoms. The van der Waals surface area contributed by atoms with Crippen LogP contribution < -0.4 is 5.32 Å². The minimum atomic E-state index is -0.587. The van der Waals surface area contributed by atoms with Gasteiger partial charge in [-0.3, -0.25) is 4.79 Å². The summed E-state index contributed by atoms with van der Waals surface area (Å²) in [5.41, 5.74) is 0. The summed E-state index contributed by atoms with van der Waals surface area (Å²) in [6.45, 7) is 1.26. The van der Waals surface area contributed by atoms with Gasteiger partial charge in [-0.1, -0.05) is 0 Å². The molecule has 0 amide bonds. The topological polar surface area (TPSA) is 58.6 Å². The number of aliphatic hydroxyl groups excluding tert-OH is 1. The predicted molar refractivity (Wildman–Crippen MR) is 39.0 cm³/mol. The molecule has 1 aliphatic rings. The Balaban J connectivity index is 2.47. The average Bonchev–Trinajstić information content (AvgIpc) is 2.04. The van der Waals surface area contributed by atoms with E-state index in [0.717, 1.165) is 6.54 Å². The average molecular weight is 159 g/mol. The highest BCUT2D eigenvalue weighted by atomic mass is 16.5. The number of ether oxygens (including phenoxy) is 1. The number of rotatable bonds is 1. The molecule has 1 saturated heterocycles. The summed E-state index contributed by atoms with van der Waals surface area (Å²) in [5, 5.41) is 12.3. The molecular weight excluding hydrogens is 146 g/mol. The van der Waals surface area contributed by atoms with Crippen LogP contribution in [-0.2, 0) is 9.53 Å². The highest BCUT2D eigenvalue weighted by Crippen LogP contribution is 2.13. The molecule has 2 N–H and O–H groups in total. The van der Waals surface area contributed by atoms with E-state index < -0.39 is 6.10 Å². The maximum absolute atomic E-state index is 11.0. The highest BCUT2D eigenvalue weighted by molar-refractivity contribution is 5.73. The molecule has 0 spiro atoms. The van der Waals surface area contributed by atoms with Gasteiger partial charge in [0.2, 0.25) is 0 Å². The molecule has 4 heteroatoms. The molecule has 0 aliphatic carbocycles. The Morgan fingerprint density at radius 2 is 2.45 bits per heavy atom. The van der Waals surface area contributed by atoms with Crippen molar-refractivity contribution in [1.82, 2.24) is 5.32 Å². The van der Waals surface area contributed by atoms with Crippen molar-refractivity contribution in [1.29, 1.82) is 0 Å². The Labute approximate surface area is 65.5 Å². The summed E-state index contributed by atoms with van der Waals surface area (Å²) in [6, 6.07) is 0. The normalized spacial score (nSPS) is 31.5. The smallest absolute Gasteiger partial charge is 0.311 e. The van der Waals surface area contributed by atoms with E-state index in [1.807, 2.05) is 0 Å². The van der Waals surface area contributed by atoms with Gasteiger partial charge in [-0.15, -0.1) is 0 Å². The van der Waals surface area contributed by atoms with E-state index >= 15 is 0 Å². The van der Waals surface area contributed by atoms with E-state index in [-0.39, 0.29) is 11.9 Å². The molecular formula is C7H13NO3. The van der Waals surface area contributed by atoms with Crippen LogP contribution in [0, 0.1) is 5.92 Å². The van der Waals surface area contributed by atoms with Gasteiger partial charge in [0.25, 0.3) is 0 Å². The number of aliphatic hydroxyl groups is 1. The van der Waals surface area contributed by atoms with Crippen LogP contribution in [0.15, 0.2) is 0 Å². The number of β-amino-alcohol motifs (C(OH)–C–C–N with tert-alkyl or cyclic N) is 1. The summed E-state index contributed by atoms with van der Waals surface area (Å²) in [4.78, 5) is 11.0. The summed E-state index contributed by atoms with van der Waals surface area (Å²) in [7, 11) is 1.34. The van der Waals surface area contributed by atoms with Crippen molar-refractivity contribution in [2.24, 2.45) is 5.92 Å². The van der Waals surface area contributed by atoms with E-state index in [2.05, 4.69) is 10.1 Å². The number of methoxy groups -OCH3 is 1. The second kappa shape index (κ2) is 3.69. The fourth-order valence-electron chi connectivity index (χ4n) is 1.27. The van der Waals surface area contributed by atoms with Crippen LogP contribution in [0.25, 0.3) is 0 Å². The molecule has 0 aromatic rings. The lowest BCUT2D eigenvalue weighted by Crippen LogP contribution is -2.44. The first-order valence-corrected chi connectivity index (χ1v) is 3.72. The van der Waals surface area contributed by atoms with E-state index in [1.165, 1.54) is 7.11 Å². The fourth-order valence-corrected chi connectivity index (χ4v) is 1.27. The number of esters is 1. The zero-order valence-corrected chi connectivity index (χ0v) is 6.54. The van der Waals surface area contributed by atoms with Crippen molar-refractivity contribution in [3.05, 3.63) is 0 Å². The van der Waals surface area contributed by atoms with E-state index in [0.29, 0.717) is 13.0 Å². The number of hydrogen-bond acceptors (Lipinski definition) is 4. The van der Waals surface area contributed by atoms with Crippen molar-refractivity contribution in [3.63, 3.8) is 0 Å². The third-order valence-electron chi connectivity index (χ3n) is 1.95. The molecule has 1 aliphatic heterocycles. The molecule has 0 saturated carbocycles. The van der Waals surface area contributed by atoms with Gasteiger partial charge in [0.05, 0.1) is 19.1 Å². The molecule has 0 radical (unpaired) electrons. The standard InChI is InChI=1S/C7H13NO3/c1-11-7(10)5-2-3-8-4-6(5)9/h5-6,8-9H,2-4H2,1H3/t5-,6-/m0/s1. The first-order chi connectivity index (χ1) is 5.25. The van der Waals surface area contributed by atoms with Crippen LogP contribution >= 0.6 is 0 Å². The fraction of sp³-hybridized carbons (Fsp3) is 0.857. The molecule has 0 aromatic carbocycles. The lowest BCUT2D eigenvalue weighted by molar-refractivity contribution is -0.150. The maximum atomic E-state index is 11.0. The Morgan fingerprint density at radius 1 is 1.73 bits per heavy atom. The largest absolute Gasteiger partial charge is 0.469 e. The van der Waals surface area contributed by atoms with Gasteiger partial charge in [-0.05, 0) is 13.0 Å². The van der Waals surface area contributed by atoms with Crippen molar-refractivity contribution in [2.45, 2.75) is 12.5 Å². The second-order valence-electron chi connectivity index (χ2n) is 2.69. The summed E-state index contributed by atoms with van der Waals surface area (Å²) in [5.74, 6) is -0.639. The molecule has 0 aromatic heterocycles. The van der Waals surface area contributed by atoms with Gasteiger partial charge in [0.15, 0.2) is 0 Å². The molecule has 1 rings (SSSR count). The maximum Gasteiger partial charge on any atom is 0.311 e. The van der Waals surface area contributed by atoms with Crippen molar-refractivity contribution in [3.8, 4) is 0 Å². The first-order valence-electron chi connectivity index (χ1n) is 3.72. The van der Waals surface area contributed by atoms with Crippen molar-refractivity contribution in [2.75, 3.05) is 20.2 Å². The molecule has 1 heterocycles. The first kappa shape index (κ1) is 8.49. The van der Waals surface area contributed by atoms with E-state index in [9.17, 15) is 9.90 Å². The molecule has 64 valence electrons. The summed E-state index contributed by atoms with van der Waals surface area (Å²) < 4.78 is 4.53. The van der Waals surface area contributed by atoms with Crippen LogP contribution in [-0.4, -0.2) is 37.4 Å². The lowest BCUT2D eigenvalue weighted by Gasteiger charge is -2.25. The molecule has 4 nitrogen and oxygen atoms in total. The van der Waals surface area contributed by atoms with Gasteiger partial charge < -0.3 is 15.2 Å². The van der Waals surface area contributed by atoms with Crippen LogP contribution in [0.3, 0.4) is 0 Å². The predicted octanol–water partition coefficient (Wildman–Crippen LogP) is -0.870. The van der Waals surface area contributed by atoms with Crippen LogP contribution in [0.5, 0.6) is 0 Å². The zero-order chi connectivity index (χ0) is 8.27. The second-order valence-corrected chi connectivity index (χ2v) is 2.69. The number of hydrogen-bond donors (Lipinski definition) is 2. The van der Waals surface area contributed by atoms with E-state index in [1.54, 1.807) is 0 Å². The summed E-state index contributed by atoms with van der Waals surface area (Å²) >= 11 is 0. The number of carbonyl (C=O) groups excluding carboxylic acids is 1. The van der Waals surface area contributed by atoms with Crippen LogP contribution in [0.1, 0.15) is 6.42 Å². The summed E-state index contributed by atoms with van der Waals surface area (Å²) in [6.07, 6.45) is 0.0737. The van der Waals surface area contributed by atoms with E-state index in [4.69, 9.17) is 0 Å². The van der Waals surface area contributed by atoms with Gasteiger partial charge >= 0.3 is 5.97 Å². The molecule has 1 fully saturated rings. The zero-order valence-electron chi connectivity index (χ0n) is 6.54. The number of nitrogens with one attached hydrogen (secondary N) is 1. The Kier molecular flexibility index (Phi) is 2.84. The van der Waals surface area contributed by atoms with Crippen LogP contribution in [0.2, 0.25) is 0 Å². The Hall–Kier alpha value is -0.610. The SMILES string of the molecule is COC(=O)[C@H]1CCNC[C@@H]1O. The Morgan fingerprint density at radius 3 is 3.00 bits per heavy atom. The molecule has 0 unspecified atom stereocenters. The minimum absolute atomic E-state index is 0.306. The number of piperidine rings is 1. The molecule has 2 atom stereocenters. The monoisotopic (exact) mass is 159 g/mol. The molecule has 0 bridgehead atoms. The van der Waals surface area contributed by atoms with Crippen LogP contribution in [0.4, 0.5) is 0 Å². The Bertz CT molecular complexity index is 149. The van der Waals surface area contributed by atoms with Crippen molar-refractivity contribution >= 4 is 5.97 Å². The van der Waals surface area contributed by atoms with Crippen molar-refractivity contribution < 1.29 is 14.6 Å². The third kappa shape index (κ3) is 1.91. The number of carbonyl (C=O) groups is 1. The quantitative estimate of drug-likeness (QED) is 0.488. The van der Waals surface area contributed by atoms with Gasteiger partial charge in [0.1, 0.15) is 0 Å². The van der Waals surface area contributed by atoms with Gasteiger partial charge in [-0.25, -0.2) is 0 Å². The highest BCUT2D eigenvalue weighted by Gasteiger charge is 2.29.